The minimum Gasteiger partial charge on any atom is -0.252 e. The first kappa shape index (κ1) is 11.9. The molecule has 0 unspecified atom stereocenters. The van der Waals surface area contributed by atoms with Gasteiger partial charge in [0.1, 0.15) is 0 Å². The molecule has 0 spiro atoms. The summed E-state index contributed by atoms with van der Waals surface area (Å²) in [7, 11) is 0. The molecular weight excluding hydrogens is 230 g/mol. The van der Waals surface area contributed by atoms with E-state index < -0.39 is 0 Å². The van der Waals surface area contributed by atoms with E-state index in [0.29, 0.717) is 0 Å². The average Bonchev–Trinajstić information content (AvgIpc) is 2.70. The van der Waals surface area contributed by atoms with E-state index in [1.807, 2.05) is 12.1 Å². The fraction of sp³-hybridized carbons (Fsp3) is 0.167. The van der Waals surface area contributed by atoms with Crippen LogP contribution in [0.2, 0.25) is 0 Å². The molecule has 0 bridgehead atoms. The molecule has 0 saturated heterocycles. The van der Waals surface area contributed by atoms with E-state index in [1.165, 1.54) is 11.1 Å². The SMILES string of the molecule is CC1(C)C(/C=C/c2ccccc2)=Nc2ccccc21. The van der Waals surface area contributed by atoms with Gasteiger partial charge in [-0.1, -0.05) is 68.5 Å². The van der Waals surface area contributed by atoms with Crippen LogP contribution in [0.3, 0.4) is 0 Å². The zero-order valence-corrected chi connectivity index (χ0v) is 11.3. The van der Waals surface area contributed by atoms with Crippen molar-refractivity contribution in [3.8, 4) is 0 Å². The first-order valence-corrected chi connectivity index (χ1v) is 6.60. The van der Waals surface area contributed by atoms with Crippen molar-refractivity contribution in [2.75, 3.05) is 0 Å². The van der Waals surface area contributed by atoms with Crippen LogP contribution in [0.25, 0.3) is 6.08 Å². The minimum atomic E-state index is -0.0120. The lowest BCUT2D eigenvalue weighted by atomic mass is 9.81. The van der Waals surface area contributed by atoms with Gasteiger partial charge in [0.25, 0.3) is 0 Å². The Labute approximate surface area is 114 Å². The van der Waals surface area contributed by atoms with Crippen molar-refractivity contribution < 1.29 is 0 Å². The fourth-order valence-corrected chi connectivity index (χ4v) is 2.49. The van der Waals surface area contributed by atoms with Crippen LogP contribution in [0.1, 0.15) is 25.0 Å². The second-order valence-electron chi connectivity index (χ2n) is 5.38. The lowest BCUT2D eigenvalue weighted by Gasteiger charge is -2.20. The van der Waals surface area contributed by atoms with E-state index in [4.69, 9.17) is 4.99 Å². The summed E-state index contributed by atoms with van der Waals surface area (Å²) in [5.74, 6) is 0. The maximum Gasteiger partial charge on any atom is 0.0674 e. The highest BCUT2D eigenvalue weighted by atomic mass is 14.8. The molecule has 2 aromatic carbocycles. The van der Waals surface area contributed by atoms with Crippen LogP contribution in [-0.4, -0.2) is 5.71 Å². The molecule has 3 rings (SSSR count). The number of nitrogens with zero attached hydrogens (tertiary/aromatic N) is 1. The number of fused-ring (bicyclic) bond motifs is 1. The Morgan fingerprint density at radius 1 is 0.842 bits per heavy atom. The van der Waals surface area contributed by atoms with Crippen LogP contribution in [0.5, 0.6) is 0 Å². The van der Waals surface area contributed by atoms with Crippen LogP contribution < -0.4 is 0 Å². The molecule has 0 saturated carbocycles. The third-order valence-corrected chi connectivity index (χ3v) is 3.69. The van der Waals surface area contributed by atoms with Crippen LogP contribution in [-0.2, 0) is 5.41 Å². The molecule has 0 aromatic heterocycles. The van der Waals surface area contributed by atoms with Crippen molar-refractivity contribution in [3.63, 3.8) is 0 Å². The molecule has 0 aliphatic carbocycles. The Morgan fingerprint density at radius 2 is 1.53 bits per heavy atom. The summed E-state index contributed by atoms with van der Waals surface area (Å²) in [5, 5.41) is 0. The Morgan fingerprint density at radius 3 is 2.26 bits per heavy atom. The molecule has 94 valence electrons. The molecule has 0 fully saturated rings. The predicted octanol–water partition coefficient (Wildman–Crippen LogP) is 4.76. The van der Waals surface area contributed by atoms with Gasteiger partial charge < -0.3 is 0 Å². The summed E-state index contributed by atoms with van der Waals surface area (Å²) >= 11 is 0. The highest BCUT2D eigenvalue weighted by Gasteiger charge is 2.32. The van der Waals surface area contributed by atoms with E-state index in [1.54, 1.807) is 0 Å². The summed E-state index contributed by atoms with van der Waals surface area (Å²) in [4.78, 5) is 4.75. The third-order valence-electron chi connectivity index (χ3n) is 3.69. The molecule has 0 radical (unpaired) electrons. The average molecular weight is 247 g/mol. The number of aliphatic imine (C=N–C) groups is 1. The van der Waals surface area contributed by atoms with E-state index in [-0.39, 0.29) is 5.41 Å². The van der Waals surface area contributed by atoms with Gasteiger partial charge in [-0.2, -0.15) is 0 Å². The number of benzene rings is 2. The van der Waals surface area contributed by atoms with E-state index in [9.17, 15) is 0 Å². The standard InChI is InChI=1S/C18H17N/c1-18(2)15-10-6-7-11-16(15)19-17(18)13-12-14-8-4-3-5-9-14/h3-13H,1-2H3/b13-12+. The lowest BCUT2D eigenvalue weighted by molar-refractivity contribution is 0.740. The van der Waals surface area contributed by atoms with Crippen molar-refractivity contribution >= 4 is 17.5 Å². The van der Waals surface area contributed by atoms with E-state index in [2.05, 4.69) is 68.5 Å². The summed E-state index contributed by atoms with van der Waals surface area (Å²) in [6.45, 7) is 4.46. The van der Waals surface area contributed by atoms with Crippen molar-refractivity contribution in [1.29, 1.82) is 0 Å². The quantitative estimate of drug-likeness (QED) is 0.725. The van der Waals surface area contributed by atoms with Gasteiger partial charge in [-0.25, -0.2) is 0 Å². The molecule has 0 amide bonds. The Hall–Kier alpha value is -2.15. The van der Waals surface area contributed by atoms with Crippen molar-refractivity contribution in [1.82, 2.24) is 0 Å². The molecule has 2 aromatic rings. The molecule has 1 aliphatic rings. The lowest BCUT2D eigenvalue weighted by Crippen LogP contribution is -2.23. The van der Waals surface area contributed by atoms with Gasteiger partial charge in [0.15, 0.2) is 0 Å². The summed E-state index contributed by atoms with van der Waals surface area (Å²) in [6, 6.07) is 18.7. The zero-order valence-electron chi connectivity index (χ0n) is 11.3. The number of allylic oxidation sites excluding steroid dienone is 1. The molecule has 1 aliphatic heterocycles. The Balaban J connectivity index is 1.94. The van der Waals surface area contributed by atoms with Gasteiger partial charge in [0.05, 0.1) is 11.4 Å². The van der Waals surface area contributed by atoms with Crippen LogP contribution in [0, 0.1) is 0 Å². The smallest absolute Gasteiger partial charge is 0.0674 e. The Kier molecular flexibility index (Phi) is 2.83. The van der Waals surface area contributed by atoms with Gasteiger partial charge >= 0.3 is 0 Å². The van der Waals surface area contributed by atoms with Gasteiger partial charge in [-0.05, 0) is 23.3 Å². The molecule has 1 heterocycles. The van der Waals surface area contributed by atoms with Gasteiger partial charge in [0.2, 0.25) is 0 Å². The molecule has 1 nitrogen and oxygen atoms in total. The maximum atomic E-state index is 4.75. The van der Waals surface area contributed by atoms with Crippen molar-refractivity contribution in [2.24, 2.45) is 4.99 Å². The molecular formula is C18H17N. The number of para-hydroxylation sites is 1. The first-order chi connectivity index (χ1) is 9.18. The van der Waals surface area contributed by atoms with Crippen LogP contribution in [0.4, 0.5) is 5.69 Å². The first-order valence-electron chi connectivity index (χ1n) is 6.60. The maximum absolute atomic E-state index is 4.75. The number of hydrogen-bond donors (Lipinski definition) is 0. The molecule has 0 N–H and O–H groups in total. The molecule has 0 atom stereocenters. The van der Waals surface area contributed by atoms with Crippen molar-refractivity contribution in [2.45, 2.75) is 19.3 Å². The normalized spacial score (nSPS) is 16.4. The topological polar surface area (TPSA) is 12.4 Å². The number of hydrogen-bond acceptors (Lipinski definition) is 1. The second kappa shape index (κ2) is 4.51. The highest BCUT2D eigenvalue weighted by molar-refractivity contribution is 6.10. The monoisotopic (exact) mass is 247 g/mol. The zero-order chi connectivity index (χ0) is 13.3. The van der Waals surface area contributed by atoms with E-state index in [0.717, 1.165) is 11.4 Å². The minimum absolute atomic E-state index is 0.0120. The largest absolute Gasteiger partial charge is 0.252 e. The highest BCUT2D eigenvalue weighted by Crippen LogP contribution is 2.40. The fourth-order valence-electron chi connectivity index (χ4n) is 2.49. The van der Waals surface area contributed by atoms with Gasteiger partial charge in [-0.3, -0.25) is 4.99 Å². The predicted molar refractivity (Wildman–Crippen MR) is 82.0 cm³/mol. The van der Waals surface area contributed by atoms with E-state index >= 15 is 0 Å². The van der Waals surface area contributed by atoms with Crippen LogP contribution in [0.15, 0.2) is 65.7 Å². The molecule has 1 heteroatoms. The summed E-state index contributed by atoms with van der Waals surface area (Å²) < 4.78 is 0. The van der Waals surface area contributed by atoms with Gasteiger partial charge in [-0.15, -0.1) is 0 Å². The molecule has 19 heavy (non-hydrogen) atoms. The third kappa shape index (κ3) is 2.12. The van der Waals surface area contributed by atoms with Crippen LogP contribution >= 0.6 is 0 Å². The van der Waals surface area contributed by atoms with Crippen molar-refractivity contribution in [3.05, 3.63) is 71.8 Å². The second-order valence-corrected chi connectivity index (χ2v) is 5.38. The summed E-state index contributed by atoms with van der Waals surface area (Å²) in [6.07, 6.45) is 4.27. The van der Waals surface area contributed by atoms with Gasteiger partial charge in [0, 0.05) is 5.41 Å². The Bertz CT molecular complexity index is 648. The summed E-state index contributed by atoms with van der Waals surface area (Å²) in [5.41, 5.74) is 4.72. The number of rotatable bonds is 2.